The van der Waals surface area contributed by atoms with Gasteiger partial charge in [-0.2, -0.15) is 0 Å². The topological polar surface area (TPSA) is 76.2 Å². The number of amides is 4. The van der Waals surface area contributed by atoms with Crippen molar-refractivity contribution >= 4 is 35.3 Å². The minimum atomic E-state index is -0.538. The van der Waals surface area contributed by atoms with E-state index in [1.165, 1.54) is 36.6 Å². The number of carbonyl (C=O) groups excluding carboxylic acids is 3. The first kappa shape index (κ1) is 26.4. The Morgan fingerprint density at radius 2 is 1.62 bits per heavy atom. The van der Waals surface area contributed by atoms with E-state index in [0.29, 0.717) is 12.1 Å². The van der Waals surface area contributed by atoms with Crippen LogP contribution < -0.4 is 10.2 Å². The lowest BCUT2D eigenvalue weighted by Crippen LogP contribution is -2.56. The summed E-state index contributed by atoms with van der Waals surface area (Å²) in [5, 5.41) is 5.09. The minimum absolute atomic E-state index is 0.192. The third kappa shape index (κ3) is 5.31. The molecule has 4 amide bonds. The van der Waals surface area contributed by atoms with E-state index >= 15 is 0 Å². The number of nitrogens with zero attached hydrogens (tertiary/aromatic N) is 4. The number of para-hydroxylation sites is 1. The van der Waals surface area contributed by atoms with E-state index in [2.05, 4.69) is 77.5 Å². The Kier molecular flexibility index (Phi) is 7.25. The zero-order chi connectivity index (χ0) is 27.8. The van der Waals surface area contributed by atoms with Crippen molar-refractivity contribution in [2.45, 2.75) is 43.1 Å². The molecule has 0 aliphatic carbocycles. The number of hydrogen-bond donors (Lipinski definition) is 1. The molecule has 3 aromatic rings. The molecule has 3 aliphatic rings. The van der Waals surface area contributed by atoms with Crippen LogP contribution in [0.15, 0.2) is 70.5 Å². The molecule has 0 aromatic heterocycles. The van der Waals surface area contributed by atoms with Gasteiger partial charge in [0.2, 0.25) is 5.91 Å². The van der Waals surface area contributed by atoms with Gasteiger partial charge in [-0.05, 0) is 54.8 Å². The van der Waals surface area contributed by atoms with E-state index in [1.54, 1.807) is 0 Å². The van der Waals surface area contributed by atoms with Gasteiger partial charge in [-0.15, -0.1) is 0 Å². The molecule has 3 aromatic carbocycles. The van der Waals surface area contributed by atoms with Crippen LogP contribution in [0.25, 0.3) is 0 Å². The maximum atomic E-state index is 13.0. The van der Waals surface area contributed by atoms with Crippen LogP contribution in [0.3, 0.4) is 0 Å². The second-order valence-electron chi connectivity index (χ2n) is 10.7. The molecule has 0 radical (unpaired) electrons. The molecule has 0 spiro atoms. The summed E-state index contributed by atoms with van der Waals surface area (Å²) in [7, 11) is 0. The molecule has 8 nitrogen and oxygen atoms in total. The lowest BCUT2D eigenvalue weighted by Gasteiger charge is -2.37. The number of hydrazine groups is 1. The van der Waals surface area contributed by atoms with Crippen molar-refractivity contribution in [1.29, 1.82) is 0 Å². The van der Waals surface area contributed by atoms with Crippen LogP contribution in [0.1, 0.15) is 39.0 Å². The lowest BCUT2D eigenvalue weighted by molar-refractivity contribution is -0.123. The van der Waals surface area contributed by atoms with Gasteiger partial charge in [0.1, 0.15) is 0 Å². The highest BCUT2D eigenvalue weighted by molar-refractivity contribution is 7.99. The maximum absolute atomic E-state index is 13.0. The van der Waals surface area contributed by atoms with Gasteiger partial charge in [0, 0.05) is 54.5 Å². The molecule has 2 fully saturated rings. The van der Waals surface area contributed by atoms with E-state index in [-0.39, 0.29) is 24.8 Å². The number of aryl methyl sites for hydroxylation is 2. The van der Waals surface area contributed by atoms with Crippen molar-refractivity contribution < 1.29 is 14.4 Å². The molecule has 3 heterocycles. The fourth-order valence-electron chi connectivity index (χ4n) is 5.68. The summed E-state index contributed by atoms with van der Waals surface area (Å²) in [5.74, 6) is -0.506. The quantitative estimate of drug-likeness (QED) is 0.480. The van der Waals surface area contributed by atoms with Crippen LogP contribution in [0.2, 0.25) is 0 Å². The van der Waals surface area contributed by atoms with Crippen LogP contribution in [-0.2, 0) is 17.9 Å². The summed E-state index contributed by atoms with van der Waals surface area (Å²) in [6.07, 6.45) is 0.192. The Morgan fingerprint density at radius 3 is 2.40 bits per heavy atom. The standard InChI is InChI=1S/C31H33N5O3S/c1-21-7-10-27(22(2)17-21)40-28-6-4-3-5-26(28)34-15-13-33(14-16-34)19-23-8-9-25-24(18-23)20-36(30(25)38)35-12-11-29(37)32-31(35)39/h3-10,17-18H,11-16,19-20H2,1-2H3,(H,32,37,39). The summed E-state index contributed by atoms with van der Waals surface area (Å²) in [5.41, 5.74) is 6.57. The molecule has 40 heavy (non-hydrogen) atoms. The molecule has 0 bridgehead atoms. The van der Waals surface area contributed by atoms with Gasteiger partial charge >= 0.3 is 6.03 Å². The number of rotatable bonds is 6. The normalized spacial score (nSPS) is 17.9. The molecule has 6 rings (SSSR count). The van der Waals surface area contributed by atoms with Crippen molar-refractivity contribution in [3.8, 4) is 0 Å². The molecule has 9 heteroatoms. The fraction of sp³-hybridized carbons (Fsp3) is 0.323. The molecular formula is C31H33N5O3S. The summed E-state index contributed by atoms with van der Waals surface area (Å²) in [6.45, 7) is 9.47. The van der Waals surface area contributed by atoms with Crippen LogP contribution in [0.5, 0.6) is 0 Å². The number of hydrogen-bond acceptors (Lipinski definition) is 6. The minimum Gasteiger partial charge on any atom is -0.368 e. The first-order valence-electron chi connectivity index (χ1n) is 13.7. The Hall–Kier alpha value is -3.82. The Morgan fingerprint density at radius 1 is 0.825 bits per heavy atom. The summed E-state index contributed by atoms with van der Waals surface area (Å²) < 4.78 is 0. The highest BCUT2D eigenvalue weighted by Gasteiger charge is 2.37. The van der Waals surface area contributed by atoms with E-state index < -0.39 is 6.03 Å². The number of carbonyl (C=O) groups is 3. The Balaban J connectivity index is 1.08. The summed E-state index contributed by atoms with van der Waals surface area (Å²) >= 11 is 1.84. The third-order valence-corrected chi connectivity index (χ3v) is 9.06. The summed E-state index contributed by atoms with van der Waals surface area (Å²) in [6, 6.07) is 20.7. The van der Waals surface area contributed by atoms with Gasteiger partial charge in [-0.3, -0.25) is 19.8 Å². The SMILES string of the molecule is Cc1ccc(Sc2ccccc2N2CCN(Cc3ccc4c(c3)CN(N3CCC(=O)NC3=O)C4=O)CC2)c(C)c1. The smallest absolute Gasteiger partial charge is 0.342 e. The van der Waals surface area contributed by atoms with Gasteiger partial charge < -0.3 is 4.90 Å². The zero-order valence-corrected chi connectivity index (χ0v) is 23.7. The highest BCUT2D eigenvalue weighted by Crippen LogP contribution is 2.37. The first-order chi connectivity index (χ1) is 19.4. The molecule has 2 saturated heterocycles. The highest BCUT2D eigenvalue weighted by atomic mass is 32.2. The van der Waals surface area contributed by atoms with E-state index in [1.807, 2.05) is 23.9 Å². The molecular weight excluding hydrogens is 522 g/mol. The second-order valence-corrected chi connectivity index (χ2v) is 11.8. The van der Waals surface area contributed by atoms with Crippen molar-refractivity contribution in [3.05, 3.63) is 88.5 Å². The first-order valence-corrected chi connectivity index (χ1v) is 14.5. The van der Waals surface area contributed by atoms with Crippen molar-refractivity contribution in [3.63, 3.8) is 0 Å². The number of piperazine rings is 1. The number of anilines is 1. The van der Waals surface area contributed by atoms with Crippen LogP contribution in [0.4, 0.5) is 10.5 Å². The third-order valence-electron chi connectivity index (χ3n) is 7.81. The van der Waals surface area contributed by atoms with Crippen molar-refractivity contribution in [2.75, 3.05) is 37.6 Å². The lowest BCUT2D eigenvalue weighted by atomic mass is 10.1. The predicted molar refractivity (Wildman–Crippen MR) is 155 cm³/mol. The van der Waals surface area contributed by atoms with Crippen molar-refractivity contribution in [2.24, 2.45) is 0 Å². The van der Waals surface area contributed by atoms with E-state index in [4.69, 9.17) is 0 Å². The van der Waals surface area contributed by atoms with Gasteiger partial charge in [0.25, 0.3) is 5.91 Å². The summed E-state index contributed by atoms with van der Waals surface area (Å²) in [4.78, 5) is 44.3. The van der Waals surface area contributed by atoms with E-state index in [9.17, 15) is 14.4 Å². The number of urea groups is 1. The van der Waals surface area contributed by atoms with Crippen molar-refractivity contribution in [1.82, 2.24) is 20.2 Å². The van der Waals surface area contributed by atoms with Gasteiger partial charge in [0.05, 0.1) is 18.8 Å². The Labute approximate surface area is 238 Å². The largest absolute Gasteiger partial charge is 0.368 e. The fourth-order valence-corrected chi connectivity index (χ4v) is 6.72. The Bertz CT molecular complexity index is 1480. The molecule has 0 atom stereocenters. The molecule has 3 aliphatic heterocycles. The van der Waals surface area contributed by atoms with Gasteiger partial charge in [-0.25, -0.2) is 14.8 Å². The maximum Gasteiger partial charge on any atom is 0.342 e. The van der Waals surface area contributed by atoms with Gasteiger partial charge in [0.15, 0.2) is 0 Å². The number of benzene rings is 3. The zero-order valence-electron chi connectivity index (χ0n) is 22.9. The molecule has 206 valence electrons. The number of nitrogens with one attached hydrogen (secondary N) is 1. The number of imide groups is 1. The molecule has 0 unspecified atom stereocenters. The molecule has 1 N–H and O–H groups in total. The van der Waals surface area contributed by atoms with Crippen LogP contribution >= 0.6 is 11.8 Å². The predicted octanol–water partition coefficient (Wildman–Crippen LogP) is 4.59. The van der Waals surface area contributed by atoms with Crippen LogP contribution in [0, 0.1) is 13.8 Å². The van der Waals surface area contributed by atoms with Crippen LogP contribution in [-0.4, -0.2) is 65.5 Å². The monoisotopic (exact) mass is 555 g/mol. The second kappa shape index (κ2) is 11.0. The number of fused-ring (bicyclic) bond motifs is 1. The molecule has 0 saturated carbocycles. The van der Waals surface area contributed by atoms with E-state index in [0.717, 1.165) is 43.9 Å². The van der Waals surface area contributed by atoms with Gasteiger partial charge in [-0.1, -0.05) is 53.7 Å². The average Bonchev–Trinajstić information content (AvgIpc) is 3.26. The average molecular weight is 556 g/mol.